The van der Waals surface area contributed by atoms with E-state index in [9.17, 15) is 4.79 Å². The van der Waals surface area contributed by atoms with Gasteiger partial charge in [0.1, 0.15) is 0 Å². The topological polar surface area (TPSA) is 65.4 Å². The number of rotatable bonds is 8. The first-order valence-electron chi connectivity index (χ1n) is 9.44. The summed E-state index contributed by atoms with van der Waals surface area (Å²) in [5, 5.41) is 7.24. The number of nitrogens with one attached hydrogen (secondary N) is 1. The number of amides is 1. The number of carbonyl (C=O) groups is 1. The summed E-state index contributed by atoms with van der Waals surface area (Å²) in [7, 11) is 0. The van der Waals surface area contributed by atoms with Crippen molar-refractivity contribution >= 4 is 11.6 Å². The first-order valence-corrected chi connectivity index (χ1v) is 9.44. The van der Waals surface area contributed by atoms with Gasteiger partial charge in [0, 0.05) is 23.1 Å². The average Bonchev–Trinajstić information content (AvgIpc) is 3.13. The van der Waals surface area contributed by atoms with Crippen molar-refractivity contribution in [2.24, 2.45) is 0 Å². The van der Waals surface area contributed by atoms with Crippen molar-refractivity contribution in [3.63, 3.8) is 0 Å². The molecule has 146 valence electrons. The minimum absolute atomic E-state index is 0.211. The van der Waals surface area contributed by atoms with Gasteiger partial charge in [0.15, 0.2) is 11.5 Å². The molecular weight excluding hydrogens is 354 g/mol. The number of aryl methyl sites for hydroxylation is 1. The van der Waals surface area contributed by atoms with Gasteiger partial charge >= 0.3 is 0 Å². The predicted octanol–water partition coefficient (Wildman–Crippen LogP) is 4.62. The zero-order valence-corrected chi connectivity index (χ0v) is 16.4. The van der Waals surface area contributed by atoms with Crippen molar-refractivity contribution in [1.82, 2.24) is 9.78 Å². The SMILES string of the molecule is CCCOc1ccc(C(=O)Nc2cccc(-n3nccc3C)c2)cc1OCC. The molecule has 1 N–H and O–H groups in total. The zero-order valence-electron chi connectivity index (χ0n) is 16.4. The predicted molar refractivity (Wildman–Crippen MR) is 110 cm³/mol. The molecule has 28 heavy (non-hydrogen) atoms. The van der Waals surface area contributed by atoms with Crippen LogP contribution in [0.2, 0.25) is 0 Å². The molecule has 0 aliphatic carbocycles. The molecule has 0 spiro atoms. The average molecular weight is 379 g/mol. The van der Waals surface area contributed by atoms with Crippen LogP contribution >= 0.6 is 0 Å². The fourth-order valence-corrected chi connectivity index (χ4v) is 2.81. The molecule has 6 nitrogen and oxygen atoms in total. The van der Waals surface area contributed by atoms with Gasteiger partial charge in [-0.1, -0.05) is 13.0 Å². The van der Waals surface area contributed by atoms with E-state index in [1.807, 2.05) is 55.8 Å². The van der Waals surface area contributed by atoms with Crippen LogP contribution in [0.5, 0.6) is 11.5 Å². The lowest BCUT2D eigenvalue weighted by Crippen LogP contribution is -2.13. The minimum Gasteiger partial charge on any atom is -0.490 e. The number of nitrogens with zero attached hydrogens (tertiary/aromatic N) is 2. The van der Waals surface area contributed by atoms with E-state index in [0.29, 0.717) is 36.0 Å². The molecule has 1 aromatic heterocycles. The van der Waals surface area contributed by atoms with Gasteiger partial charge < -0.3 is 14.8 Å². The Balaban J connectivity index is 1.79. The Morgan fingerprint density at radius 3 is 2.64 bits per heavy atom. The number of ether oxygens (including phenoxy) is 2. The van der Waals surface area contributed by atoms with Crippen LogP contribution in [0.15, 0.2) is 54.7 Å². The van der Waals surface area contributed by atoms with E-state index in [-0.39, 0.29) is 5.91 Å². The summed E-state index contributed by atoms with van der Waals surface area (Å²) < 4.78 is 13.2. The zero-order chi connectivity index (χ0) is 19.9. The van der Waals surface area contributed by atoms with E-state index >= 15 is 0 Å². The molecule has 0 aliphatic heterocycles. The van der Waals surface area contributed by atoms with Crippen LogP contribution in [0.25, 0.3) is 5.69 Å². The van der Waals surface area contributed by atoms with E-state index in [4.69, 9.17) is 9.47 Å². The van der Waals surface area contributed by atoms with Crippen LogP contribution < -0.4 is 14.8 Å². The Morgan fingerprint density at radius 1 is 1.07 bits per heavy atom. The van der Waals surface area contributed by atoms with Crippen molar-refractivity contribution in [3.8, 4) is 17.2 Å². The van der Waals surface area contributed by atoms with E-state index in [0.717, 1.165) is 17.8 Å². The second-order valence-electron chi connectivity index (χ2n) is 6.33. The van der Waals surface area contributed by atoms with Crippen LogP contribution in [0.1, 0.15) is 36.3 Å². The van der Waals surface area contributed by atoms with Crippen LogP contribution in [0.3, 0.4) is 0 Å². The molecule has 0 atom stereocenters. The molecular formula is C22H25N3O3. The Labute approximate surface area is 165 Å². The van der Waals surface area contributed by atoms with E-state index in [2.05, 4.69) is 10.4 Å². The first-order chi connectivity index (χ1) is 13.6. The number of anilines is 1. The van der Waals surface area contributed by atoms with Gasteiger partial charge in [-0.3, -0.25) is 4.79 Å². The van der Waals surface area contributed by atoms with Crippen LogP contribution in [0.4, 0.5) is 5.69 Å². The van der Waals surface area contributed by atoms with Crippen molar-refractivity contribution in [2.75, 3.05) is 18.5 Å². The Kier molecular flexibility index (Phi) is 6.32. The largest absolute Gasteiger partial charge is 0.490 e. The van der Waals surface area contributed by atoms with Gasteiger partial charge in [-0.15, -0.1) is 0 Å². The molecule has 0 aliphatic rings. The standard InChI is InChI=1S/C22H25N3O3/c1-4-13-28-20-10-9-17(14-21(20)27-5-2)22(26)24-18-7-6-8-19(15-18)25-16(3)11-12-23-25/h6-12,14-15H,4-5,13H2,1-3H3,(H,24,26). The van der Waals surface area contributed by atoms with Crippen molar-refractivity contribution in [2.45, 2.75) is 27.2 Å². The van der Waals surface area contributed by atoms with Crippen LogP contribution in [-0.4, -0.2) is 28.9 Å². The third-order valence-electron chi connectivity index (χ3n) is 4.15. The van der Waals surface area contributed by atoms with Gasteiger partial charge in [-0.2, -0.15) is 5.10 Å². The maximum absolute atomic E-state index is 12.7. The number of hydrogen-bond acceptors (Lipinski definition) is 4. The molecule has 0 unspecified atom stereocenters. The van der Waals surface area contributed by atoms with E-state index < -0.39 is 0 Å². The summed E-state index contributed by atoms with van der Waals surface area (Å²) >= 11 is 0. The second kappa shape index (κ2) is 9.08. The lowest BCUT2D eigenvalue weighted by atomic mass is 10.1. The summed E-state index contributed by atoms with van der Waals surface area (Å²) in [6, 6.07) is 14.7. The third-order valence-corrected chi connectivity index (χ3v) is 4.15. The monoisotopic (exact) mass is 379 g/mol. The fraction of sp³-hybridized carbons (Fsp3) is 0.273. The van der Waals surface area contributed by atoms with Gasteiger partial charge in [0.05, 0.1) is 18.9 Å². The van der Waals surface area contributed by atoms with Gasteiger partial charge in [0.25, 0.3) is 5.91 Å². The van der Waals surface area contributed by atoms with Crippen LogP contribution in [-0.2, 0) is 0 Å². The van der Waals surface area contributed by atoms with E-state index in [1.165, 1.54) is 0 Å². The molecule has 3 rings (SSSR count). The molecule has 0 radical (unpaired) electrons. The maximum atomic E-state index is 12.7. The Morgan fingerprint density at radius 2 is 1.93 bits per heavy atom. The number of hydrogen-bond donors (Lipinski definition) is 1. The quantitative estimate of drug-likeness (QED) is 0.620. The highest BCUT2D eigenvalue weighted by atomic mass is 16.5. The summed E-state index contributed by atoms with van der Waals surface area (Å²) in [5.74, 6) is 1.01. The highest BCUT2D eigenvalue weighted by Crippen LogP contribution is 2.29. The Hall–Kier alpha value is -3.28. The van der Waals surface area contributed by atoms with Crippen LogP contribution in [0, 0.1) is 6.92 Å². The third kappa shape index (κ3) is 4.52. The highest BCUT2D eigenvalue weighted by Gasteiger charge is 2.12. The van der Waals surface area contributed by atoms with Crippen molar-refractivity contribution in [3.05, 3.63) is 66.0 Å². The number of carbonyl (C=O) groups excluding carboxylic acids is 1. The molecule has 2 aromatic carbocycles. The lowest BCUT2D eigenvalue weighted by Gasteiger charge is -2.13. The molecule has 6 heteroatoms. The lowest BCUT2D eigenvalue weighted by molar-refractivity contribution is 0.102. The summed E-state index contributed by atoms with van der Waals surface area (Å²) in [4.78, 5) is 12.7. The second-order valence-corrected chi connectivity index (χ2v) is 6.33. The molecule has 1 heterocycles. The van der Waals surface area contributed by atoms with Crippen molar-refractivity contribution < 1.29 is 14.3 Å². The number of aromatic nitrogens is 2. The highest BCUT2D eigenvalue weighted by molar-refractivity contribution is 6.04. The summed E-state index contributed by atoms with van der Waals surface area (Å²) in [6.07, 6.45) is 2.65. The van der Waals surface area contributed by atoms with Gasteiger partial charge in [0.2, 0.25) is 0 Å². The van der Waals surface area contributed by atoms with Gasteiger partial charge in [-0.25, -0.2) is 4.68 Å². The summed E-state index contributed by atoms with van der Waals surface area (Å²) in [6.45, 7) is 7.03. The first kappa shape index (κ1) is 19.5. The Bertz CT molecular complexity index is 950. The maximum Gasteiger partial charge on any atom is 0.255 e. The van der Waals surface area contributed by atoms with Crippen molar-refractivity contribution in [1.29, 1.82) is 0 Å². The normalized spacial score (nSPS) is 10.5. The molecule has 0 saturated carbocycles. The molecule has 3 aromatic rings. The molecule has 0 bridgehead atoms. The molecule has 1 amide bonds. The fourth-order valence-electron chi connectivity index (χ4n) is 2.81. The minimum atomic E-state index is -0.211. The smallest absolute Gasteiger partial charge is 0.255 e. The van der Waals surface area contributed by atoms with Gasteiger partial charge in [-0.05, 0) is 62.7 Å². The van der Waals surface area contributed by atoms with E-state index in [1.54, 1.807) is 24.4 Å². The molecule has 0 saturated heterocycles. The summed E-state index contributed by atoms with van der Waals surface area (Å²) in [5.41, 5.74) is 3.11. The number of benzene rings is 2. The molecule has 0 fully saturated rings.